The molecule has 3 aromatic heterocycles. The van der Waals surface area contributed by atoms with Gasteiger partial charge in [0.2, 0.25) is 5.89 Å². The molecule has 0 radical (unpaired) electrons. The van der Waals surface area contributed by atoms with E-state index < -0.39 is 0 Å². The summed E-state index contributed by atoms with van der Waals surface area (Å²) in [7, 11) is 0. The average molecular weight is 349 g/mol. The molecule has 0 amide bonds. The number of nitrogens with zero attached hydrogens (tertiary/aromatic N) is 4. The predicted molar refractivity (Wildman–Crippen MR) is 91.6 cm³/mol. The number of aromatic nitrogens is 5. The lowest BCUT2D eigenvalue weighted by Gasteiger charge is -2.01. The quantitative estimate of drug-likeness (QED) is 0.511. The molecule has 8 nitrogen and oxygen atoms in total. The number of ether oxygens (including phenoxy) is 1. The van der Waals surface area contributed by atoms with Crippen LogP contribution in [0.1, 0.15) is 28.8 Å². The Morgan fingerprint density at radius 3 is 2.77 bits per heavy atom. The molecule has 26 heavy (non-hydrogen) atoms. The molecule has 0 bridgehead atoms. The van der Waals surface area contributed by atoms with Gasteiger partial charge in [0.15, 0.2) is 23.9 Å². The number of hydrogen-bond donors (Lipinski definition) is 1. The van der Waals surface area contributed by atoms with Gasteiger partial charge in [0.1, 0.15) is 5.75 Å². The molecule has 8 heteroatoms. The Hall–Kier alpha value is -3.55. The number of benzene rings is 1. The number of ketones is 1. The number of para-hydroxylation sites is 1. The predicted octanol–water partition coefficient (Wildman–Crippen LogP) is 2.74. The molecule has 0 saturated carbocycles. The van der Waals surface area contributed by atoms with Crippen molar-refractivity contribution in [3.63, 3.8) is 0 Å². The number of pyridine rings is 1. The number of carbonyl (C=O) groups is 1. The Morgan fingerprint density at radius 2 is 1.92 bits per heavy atom. The van der Waals surface area contributed by atoms with E-state index in [0.29, 0.717) is 23.8 Å². The van der Waals surface area contributed by atoms with Gasteiger partial charge in [0.05, 0.1) is 5.52 Å². The molecule has 4 rings (SSSR count). The molecule has 0 atom stereocenters. The summed E-state index contributed by atoms with van der Waals surface area (Å²) in [4.78, 5) is 23.5. The second kappa shape index (κ2) is 7.14. The lowest BCUT2D eigenvalue weighted by Crippen LogP contribution is -2.03. The number of rotatable bonds is 7. The first-order valence-corrected chi connectivity index (χ1v) is 8.11. The minimum atomic E-state index is -0.136. The van der Waals surface area contributed by atoms with Crippen LogP contribution in [-0.2, 0) is 13.0 Å². The number of H-pyrrole nitrogens is 1. The Balaban J connectivity index is 1.33. The molecule has 3 heterocycles. The zero-order chi connectivity index (χ0) is 17.8. The zero-order valence-electron chi connectivity index (χ0n) is 13.8. The third-order valence-electron chi connectivity index (χ3n) is 3.70. The first kappa shape index (κ1) is 15.9. The van der Waals surface area contributed by atoms with Gasteiger partial charge in [0.25, 0.3) is 5.89 Å². The van der Waals surface area contributed by atoms with Crippen molar-refractivity contribution in [3.05, 3.63) is 66.3 Å². The van der Waals surface area contributed by atoms with E-state index in [2.05, 4.69) is 25.1 Å². The highest BCUT2D eigenvalue weighted by Gasteiger charge is 2.14. The Bertz CT molecular complexity index is 992. The van der Waals surface area contributed by atoms with Crippen LogP contribution >= 0.6 is 0 Å². The van der Waals surface area contributed by atoms with Crippen LogP contribution in [0.5, 0.6) is 5.75 Å². The molecule has 130 valence electrons. The number of Topliss-reactive ketones (excluding diaryl/α,β-unsaturated/α-hetero) is 1. The maximum atomic E-state index is 12.3. The van der Waals surface area contributed by atoms with Gasteiger partial charge in [-0.2, -0.15) is 0 Å². The van der Waals surface area contributed by atoms with Gasteiger partial charge >= 0.3 is 0 Å². The molecule has 0 fully saturated rings. The average Bonchev–Trinajstić information content (AvgIpc) is 3.32. The molecule has 0 aliphatic heterocycles. The Labute approximate surface area is 148 Å². The largest absolute Gasteiger partial charge is 0.484 e. The van der Waals surface area contributed by atoms with Gasteiger partial charge in [-0.25, -0.2) is 9.97 Å². The summed E-state index contributed by atoms with van der Waals surface area (Å²) in [5, 5.41) is 7.88. The highest BCUT2D eigenvalue weighted by atomic mass is 16.5. The van der Waals surface area contributed by atoms with Gasteiger partial charge in [-0.3, -0.25) is 4.79 Å². The number of aryl methyl sites for hydroxylation is 1. The van der Waals surface area contributed by atoms with Crippen molar-refractivity contribution >= 4 is 16.9 Å². The number of hydrogen-bond acceptors (Lipinski definition) is 7. The van der Waals surface area contributed by atoms with Gasteiger partial charge in [-0.1, -0.05) is 18.2 Å². The minimum absolute atomic E-state index is 0.136. The molecule has 0 spiro atoms. The smallest absolute Gasteiger partial charge is 0.253 e. The Kier molecular flexibility index (Phi) is 4.38. The second-order valence-corrected chi connectivity index (χ2v) is 5.57. The summed E-state index contributed by atoms with van der Waals surface area (Å²) in [5.74, 6) is 1.62. The van der Waals surface area contributed by atoms with E-state index in [9.17, 15) is 4.79 Å². The van der Waals surface area contributed by atoms with Crippen molar-refractivity contribution in [2.24, 2.45) is 0 Å². The SMILES string of the molecule is O=C(CCc1nnc(COc2ccccc2)o1)c1nc2ncccc2[nH]1. The fourth-order valence-corrected chi connectivity index (χ4v) is 2.43. The summed E-state index contributed by atoms with van der Waals surface area (Å²) in [6.45, 7) is 0.181. The molecule has 1 aromatic carbocycles. The van der Waals surface area contributed by atoms with E-state index in [-0.39, 0.29) is 24.6 Å². The first-order chi connectivity index (χ1) is 12.8. The third-order valence-corrected chi connectivity index (χ3v) is 3.70. The summed E-state index contributed by atoms with van der Waals surface area (Å²) < 4.78 is 11.1. The molecule has 0 unspecified atom stereocenters. The lowest BCUT2D eigenvalue weighted by atomic mass is 10.2. The first-order valence-electron chi connectivity index (χ1n) is 8.11. The fraction of sp³-hybridized carbons (Fsp3) is 0.167. The number of carbonyl (C=O) groups excluding carboxylic acids is 1. The van der Waals surface area contributed by atoms with Crippen molar-refractivity contribution in [1.82, 2.24) is 25.1 Å². The van der Waals surface area contributed by atoms with Gasteiger partial charge in [0, 0.05) is 19.0 Å². The lowest BCUT2D eigenvalue weighted by molar-refractivity contribution is 0.0971. The van der Waals surface area contributed by atoms with Crippen LogP contribution in [0.25, 0.3) is 11.2 Å². The van der Waals surface area contributed by atoms with Crippen LogP contribution < -0.4 is 4.74 Å². The van der Waals surface area contributed by atoms with Crippen molar-refractivity contribution in [2.45, 2.75) is 19.4 Å². The van der Waals surface area contributed by atoms with E-state index in [1.807, 2.05) is 36.4 Å². The topological polar surface area (TPSA) is 107 Å². The van der Waals surface area contributed by atoms with Crippen LogP contribution in [0.15, 0.2) is 53.1 Å². The maximum Gasteiger partial charge on any atom is 0.253 e. The van der Waals surface area contributed by atoms with Gasteiger partial charge in [-0.15, -0.1) is 10.2 Å². The zero-order valence-corrected chi connectivity index (χ0v) is 13.8. The number of aromatic amines is 1. The van der Waals surface area contributed by atoms with Crippen molar-refractivity contribution in [2.75, 3.05) is 0 Å². The van der Waals surface area contributed by atoms with Crippen LogP contribution in [0, 0.1) is 0 Å². The monoisotopic (exact) mass is 349 g/mol. The van der Waals surface area contributed by atoms with Crippen LogP contribution in [0.4, 0.5) is 0 Å². The fourth-order valence-electron chi connectivity index (χ4n) is 2.43. The van der Waals surface area contributed by atoms with Crippen LogP contribution in [0.3, 0.4) is 0 Å². The minimum Gasteiger partial charge on any atom is -0.484 e. The Morgan fingerprint density at radius 1 is 1.08 bits per heavy atom. The van der Waals surface area contributed by atoms with Gasteiger partial charge < -0.3 is 14.1 Å². The summed E-state index contributed by atoms with van der Waals surface area (Å²) in [6.07, 6.45) is 2.18. The molecular weight excluding hydrogens is 334 g/mol. The third kappa shape index (κ3) is 3.59. The summed E-state index contributed by atoms with van der Waals surface area (Å²) in [6, 6.07) is 13.0. The van der Waals surface area contributed by atoms with Crippen LogP contribution in [-0.4, -0.2) is 30.9 Å². The van der Waals surface area contributed by atoms with Crippen LogP contribution in [0.2, 0.25) is 0 Å². The second-order valence-electron chi connectivity index (χ2n) is 5.57. The number of nitrogens with one attached hydrogen (secondary N) is 1. The normalized spacial score (nSPS) is 10.9. The summed E-state index contributed by atoms with van der Waals surface area (Å²) >= 11 is 0. The molecule has 0 saturated heterocycles. The van der Waals surface area contributed by atoms with Crippen molar-refractivity contribution in [1.29, 1.82) is 0 Å². The molecular formula is C18H15N5O3. The van der Waals surface area contributed by atoms with Crippen molar-refractivity contribution < 1.29 is 13.9 Å². The number of fused-ring (bicyclic) bond motifs is 1. The molecule has 4 aromatic rings. The van der Waals surface area contributed by atoms with E-state index in [1.54, 1.807) is 12.3 Å². The molecule has 0 aliphatic carbocycles. The molecule has 0 aliphatic rings. The van der Waals surface area contributed by atoms with E-state index in [4.69, 9.17) is 9.15 Å². The highest BCUT2D eigenvalue weighted by molar-refractivity contribution is 5.95. The van der Waals surface area contributed by atoms with Crippen molar-refractivity contribution in [3.8, 4) is 5.75 Å². The number of imidazole rings is 1. The molecule has 1 N–H and O–H groups in total. The van der Waals surface area contributed by atoms with E-state index >= 15 is 0 Å². The van der Waals surface area contributed by atoms with E-state index in [1.165, 1.54) is 0 Å². The van der Waals surface area contributed by atoms with Gasteiger partial charge in [-0.05, 0) is 24.3 Å². The standard InChI is InChI=1S/C18H15N5O3/c24-14(18-20-13-7-4-10-19-17(13)21-18)8-9-15-22-23-16(26-15)11-25-12-5-2-1-3-6-12/h1-7,10H,8-9,11H2,(H,19,20,21). The van der Waals surface area contributed by atoms with E-state index in [0.717, 1.165) is 11.3 Å². The maximum absolute atomic E-state index is 12.3. The summed E-state index contributed by atoms with van der Waals surface area (Å²) in [5.41, 5.74) is 1.25. The highest BCUT2D eigenvalue weighted by Crippen LogP contribution is 2.13.